The van der Waals surface area contributed by atoms with E-state index in [1.165, 1.54) is 43.8 Å². The van der Waals surface area contributed by atoms with Gasteiger partial charge in [0.2, 0.25) is 0 Å². The van der Waals surface area contributed by atoms with Gasteiger partial charge in [-0.25, -0.2) is 0 Å². The predicted molar refractivity (Wildman–Crippen MR) is 112 cm³/mol. The monoisotopic (exact) mass is 330 g/mol. The van der Waals surface area contributed by atoms with Crippen LogP contribution >= 0.6 is 0 Å². The lowest BCUT2D eigenvalue weighted by Gasteiger charge is -2.08. The first-order valence-corrected chi connectivity index (χ1v) is 8.96. The largest absolute Gasteiger partial charge is 0.0622 e. The number of fused-ring (bicyclic) bond motifs is 3. The molecule has 0 nitrogen and oxygen atoms in total. The lowest BCUT2D eigenvalue weighted by molar-refractivity contribution is 1.60. The fourth-order valence-corrected chi connectivity index (χ4v) is 3.68. The van der Waals surface area contributed by atoms with Crippen LogP contribution in [0.4, 0.5) is 0 Å². The normalized spacial score (nSPS) is 11.1. The van der Waals surface area contributed by atoms with Gasteiger partial charge >= 0.3 is 0 Å². The second-order valence-corrected chi connectivity index (χ2v) is 6.67. The Labute approximate surface area is 153 Å². The van der Waals surface area contributed by atoms with E-state index in [0.717, 1.165) is 0 Å². The Morgan fingerprint density at radius 3 is 1.65 bits per heavy atom. The van der Waals surface area contributed by atoms with Crippen LogP contribution in [0.2, 0.25) is 0 Å². The van der Waals surface area contributed by atoms with E-state index in [0.29, 0.717) is 0 Å². The van der Waals surface area contributed by atoms with Gasteiger partial charge in [-0.1, -0.05) is 103 Å². The quantitative estimate of drug-likeness (QED) is 0.297. The molecule has 0 aromatic heterocycles. The third kappa shape index (κ3) is 2.57. The zero-order chi connectivity index (χ0) is 17.3. The fraction of sp³-hybridized carbons (Fsp3) is 0. The molecule has 122 valence electrons. The summed E-state index contributed by atoms with van der Waals surface area (Å²) in [5.41, 5.74) is 5.01. The third-order valence-corrected chi connectivity index (χ3v) is 5.07. The standard InChI is InChI=1S/C26H18/c1-2-6-19(7-3-1)20-10-12-21(13-11-20)23-16-17-26-24(18-23)15-14-22-8-4-5-9-25(22)26/h1-18H. The van der Waals surface area contributed by atoms with Crippen molar-refractivity contribution in [3.63, 3.8) is 0 Å². The van der Waals surface area contributed by atoms with Gasteiger partial charge in [-0.15, -0.1) is 0 Å². The Morgan fingerprint density at radius 2 is 0.846 bits per heavy atom. The molecule has 0 radical (unpaired) electrons. The van der Waals surface area contributed by atoms with E-state index in [1.54, 1.807) is 0 Å². The molecule has 5 aromatic carbocycles. The van der Waals surface area contributed by atoms with E-state index in [9.17, 15) is 0 Å². The summed E-state index contributed by atoms with van der Waals surface area (Å²) in [5, 5.41) is 5.21. The minimum atomic E-state index is 1.25. The van der Waals surface area contributed by atoms with E-state index < -0.39 is 0 Å². The average Bonchev–Trinajstić information content (AvgIpc) is 2.74. The van der Waals surface area contributed by atoms with Crippen LogP contribution in [-0.4, -0.2) is 0 Å². The highest BCUT2D eigenvalue weighted by atomic mass is 14.1. The Balaban J connectivity index is 1.57. The SMILES string of the molecule is c1ccc(-c2ccc(-c3ccc4c(ccc5ccccc54)c3)cc2)cc1. The van der Waals surface area contributed by atoms with Crippen LogP contribution < -0.4 is 0 Å². The van der Waals surface area contributed by atoms with Crippen LogP contribution in [0.15, 0.2) is 109 Å². The van der Waals surface area contributed by atoms with Gasteiger partial charge in [0.15, 0.2) is 0 Å². The van der Waals surface area contributed by atoms with Gasteiger partial charge in [0.05, 0.1) is 0 Å². The summed E-state index contributed by atoms with van der Waals surface area (Å²) < 4.78 is 0. The molecule has 0 unspecified atom stereocenters. The average molecular weight is 330 g/mol. The number of rotatable bonds is 2. The van der Waals surface area contributed by atoms with Crippen molar-refractivity contribution in [3.05, 3.63) is 109 Å². The van der Waals surface area contributed by atoms with Crippen molar-refractivity contribution >= 4 is 21.5 Å². The van der Waals surface area contributed by atoms with Gasteiger partial charge in [-0.2, -0.15) is 0 Å². The van der Waals surface area contributed by atoms with Crippen LogP contribution in [0.1, 0.15) is 0 Å². The second kappa shape index (κ2) is 6.16. The smallest absolute Gasteiger partial charge is 0.0105 e. The Hall–Kier alpha value is -3.38. The van der Waals surface area contributed by atoms with E-state index in [2.05, 4.69) is 109 Å². The maximum atomic E-state index is 2.29. The van der Waals surface area contributed by atoms with Crippen LogP contribution in [0, 0.1) is 0 Å². The first kappa shape index (κ1) is 14.9. The molecule has 5 rings (SSSR count). The first-order chi connectivity index (χ1) is 12.9. The molecule has 0 aliphatic carbocycles. The summed E-state index contributed by atoms with van der Waals surface area (Å²) in [6, 6.07) is 39.1. The molecule has 0 fully saturated rings. The van der Waals surface area contributed by atoms with E-state index in [4.69, 9.17) is 0 Å². The first-order valence-electron chi connectivity index (χ1n) is 8.96. The van der Waals surface area contributed by atoms with Crippen molar-refractivity contribution in [2.45, 2.75) is 0 Å². The van der Waals surface area contributed by atoms with E-state index >= 15 is 0 Å². The number of hydrogen-bond donors (Lipinski definition) is 0. The van der Waals surface area contributed by atoms with Crippen molar-refractivity contribution < 1.29 is 0 Å². The summed E-state index contributed by atoms with van der Waals surface area (Å²) >= 11 is 0. The molecule has 0 amide bonds. The molecule has 0 aliphatic rings. The topological polar surface area (TPSA) is 0 Å². The molecule has 0 heterocycles. The summed E-state index contributed by atoms with van der Waals surface area (Å²) in [4.78, 5) is 0. The van der Waals surface area contributed by atoms with Gasteiger partial charge in [0.25, 0.3) is 0 Å². The lowest BCUT2D eigenvalue weighted by Crippen LogP contribution is -1.82. The zero-order valence-electron chi connectivity index (χ0n) is 14.4. The highest BCUT2D eigenvalue weighted by Gasteiger charge is 2.04. The molecular formula is C26H18. The van der Waals surface area contributed by atoms with Crippen LogP contribution in [-0.2, 0) is 0 Å². The fourth-order valence-electron chi connectivity index (χ4n) is 3.68. The minimum Gasteiger partial charge on any atom is -0.0622 e. The zero-order valence-corrected chi connectivity index (χ0v) is 14.4. The Morgan fingerprint density at radius 1 is 0.308 bits per heavy atom. The predicted octanol–water partition coefficient (Wildman–Crippen LogP) is 7.33. The van der Waals surface area contributed by atoms with Crippen LogP contribution in [0.5, 0.6) is 0 Å². The van der Waals surface area contributed by atoms with Crippen molar-refractivity contribution in [3.8, 4) is 22.3 Å². The molecule has 0 heteroatoms. The van der Waals surface area contributed by atoms with Gasteiger partial charge < -0.3 is 0 Å². The maximum absolute atomic E-state index is 2.29. The van der Waals surface area contributed by atoms with Crippen LogP contribution in [0.25, 0.3) is 43.8 Å². The Bertz CT molecular complexity index is 1200. The molecule has 0 saturated carbocycles. The molecule has 0 aliphatic heterocycles. The number of benzene rings is 5. The maximum Gasteiger partial charge on any atom is -0.0105 e. The highest BCUT2D eigenvalue weighted by Crippen LogP contribution is 2.30. The molecule has 0 atom stereocenters. The van der Waals surface area contributed by atoms with Crippen molar-refractivity contribution in [2.75, 3.05) is 0 Å². The Kier molecular flexibility index (Phi) is 3.54. The summed E-state index contributed by atoms with van der Waals surface area (Å²) in [7, 11) is 0. The lowest BCUT2D eigenvalue weighted by atomic mass is 9.96. The molecule has 0 saturated heterocycles. The van der Waals surface area contributed by atoms with Crippen LogP contribution in [0.3, 0.4) is 0 Å². The molecule has 0 spiro atoms. The second-order valence-electron chi connectivity index (χ2n) is 6.67. The molecule has 5 aromatic rings. The van der Waals surface area contributed by atoms with Crippen molar-refractivity contribution in [2.24, 2.45) is 0 Å². The van der Waals surface area contributed by atoms with E-state index in [1.807, 2.05) is 0 Å². The van der Waals surface area contributed by atoms with Gasteiger partial charge in [0.1, 0.15) is 0 Å². The van der Waals surface area contributed by atoms with E-state index in [-0.39, 0.29) is 0 Å². The van der Waals surface area contributed by atoms with Crippen molar-refractivity contribution in [1.29, 1.82) is 0 Å². The minimum absolute atomic E-state index is 1.25. The third-order valence-electron chi connectivity index (χ3n) is 5.07. The molecule has 0 N–H and O–H groups in total. The summed E-state index contributed by atoms with van der Waals surface area (Å²) in [6.07, 6.45) is 0. The van der Waals surface area contributed by atoms with Gasteiger partial charge in [-0.3, -0.25) is 0 Å². The summed E-state index contributed by atoms with van der Waals surface area (Å²) in [5.74, 6) is 0. The molecule has 26 heavy (non-hydrogen) atoms. The van der Waals surface area contributed by atoms with Crippen molar-refractivity contribution in [1.82, 2.24) is 0 Å². The molecule has 0 bridgehead atoms. The number of hydrogen-bond acceptors (Lipinski definition) is 0. The highest BCUT2D eigenvalue weighted by molar-refractivity contribution is 6.08. The van der Waals surface area contributed by atoms with Gasteiger partial charge in [0, 0.05) is 0 Å². The molecular weight excluding hydrogens is 312 g/mol. The summed E-state index contributed by atoms with van der Waals surface area (Å²) in [6.45, 7) is 0. The van der Waals surface area contributed by atoms with Gasteiger partial charge in [-0.05, 0) is 49.9 Å².